The number of nitrogens with one attached hydrogen (secondary N) is 2. The number of thiocarbonyl (C=S) groups is 1. The minimum Gasteiger partial charge on any atom is -0.360 e. The highest BCUT2D eigenvalue weighted by atomic mass is 32.1. The Balaban J connectivity index is 1.52. The van der Waals surface area contributed by atoms with Gasteiger partial charge in [0.15, 0.2) is 5.11 Å². The van der Waals surface area contributed by atoms with E-state index in [0.717, 1.165) is 37.8 Å². The van der Waals surface area contributed by atoms with Crippen molar-refractivity contribution in [2.24, 2.45) is 11.8 Å². The van der Waals surface area contributed by atoms with Crippen LogP contribution >= 0.6 is 12.2 Å². The molecule has 3 heterocycles. The van der Waals surface area contributed by atoms with Gasteiger partial charge in [-0.3, -0.25) is 0 Å². The molecule has 178 valence electrons. The third kappa shape index (κ3) is 6.69. The van der Waals surface area contributed by atoms with Gasteiger partial charge in [-0.2, -0.15) is 9.97 Å². The van der Waals surface area contributed by atoms with Gasteiger partial charge < -0.3 is 20.4 Å². The van der Waals surface area contributed by atoms with Gasteiger partial charge in [0.1, 0.15) is 11.6 Å². The van der Waals surface area contributed by atoms with Crippen LogP contribution in [0.3, 0.4) is 0 Å². The van der Waals surface area contributed by atoms with Crippen molar-refractivity contribution < 1.29 is 0 Å². The van der Waals surface area contributed by atoms with Crippen LogP contribution in [0.2, 0.25) is 0 Å². The number of hydrogen-bond acceptors (Lipinski definition) is 5. The van der Waals surface area contributed by atoms with Gasteiger partial charge in [0.25, 0.3) is 0 Å². The maximum absolute atomic E-state index is 5.69. The number of piperidine rings is 1. The fourth-order valence-electron chi connectivity index (χ4n) is 5.70. The predicted molar refractivity (Wildman–Crippen MR) is 139 cm³/mol. The Hall–Kier alpha value is -1.63. The Kier molecular flexibility index (Phi) is 8.44. The van der Waals surface area contributed by atoms with Gasteiger partial charge in [-0.05, 0) is 56.2 Å². The second-order valence-corrected chi connectivity index (χ2v) is 10.9. The first-order valence-corrected chi connectivity index (χ1v) is 13.4. The van der Waals surface area contributed by atoms with Crippen molar-refractivity contribution in [1.29, 1.82) is 0 Å². The SMILES string of the molecule is C[C@@H]1C[C@@H](C)CN(c2cc(N3CCCCCC3)nc(NC(=S)NC3CCCCCC3)n2)C1. The van der Waals surface area contributed by atoms with Crippen LogP contribution in [-0.2, 0) is 0 Å². The molecule has 1 aliphatic carbocycles. The van der Waals surface area contributed by atoms with E-state index in [9.17, 15) is 0 Å². The lowest BCUT2D eigenvalue weighted by molar-refractivity contribution is 0.355. The third-order valence-electron chi connectivity index (χ3n) is 7.24. The maximum Gasteiger partial charge on any atom is 0.232 e. The zero-order valence-electron chi connectivity index (χ0n) is 20.1. The second kappa shape index (κ2) is 11.5. The Morgan fingerprint density at radius 1 is 0.844 bits per heavy atom. The monoisotopic (exact) mass is 458 g/mol. The average molecular weight is 459 g/mol. The predicted octanol–water partition coefficient (Wildman–Crippen LogP) is 5.35. The molecule has 3 fully saturated rings. The van der Waals surface area contributed by atoms with Crippen molar-refractivity contribution in [2.75, 3.05) is 41.3 Å². The summed E-state index contributed by atoms with van der Waals surface area (Å²) in [5, 5.41) is 7.56. The number of nitrogens with zero attached hydrogens (tertiary/aromatic N) is 4. The summed E-state index contributed by atoms with van der Waals surface area (Å²) in [6.45, 7) is 8.98. The van der Waals surface area contributed by atoms with E-state index in [1.165, 1.54) is 70.6 Å². The van der Waals surface area contributed by atoms with E-state index in [-0.39, 0.29) is 0 Å². The van der Waals surface area contributed by atoms with Crippen LogP contribution in [0.1, 0.15) is 84.5 Å². The van der Waals surface area contributed by atoms with Crippen LogP contribution < -0.4 is 20.4 Å². The fourth-order valence-corrected chi connectivity index (χ4v) is 5.96. The van der Waals surface area contributed by atoms with Crippen molar-refractivity contribution in [1.82, 2.24) is 15.3 Å². The summed E-state index contributed by atoms with van der Waals surface area (Å²) in [5.41, 5.74) is 0. The lowest BCUT2D eigenvalue weighted by Gasteiger charge is -2.36. The van der Waals surface area contributed by atoms with Gasteiger partial charge in [0, 0.05) is 38.3 Å². The summed E-state index contributed by atoms with van der Waals surface area (Å²) >= 11 is 5.69. The zero-order chi connectivity index (χ0) is 22.3. The standard InChI is InChI=1S/C25H42N6S/c1-19-15-20(2)18-31(17-19)23-16-22(30-13-9-5-6-10-14-30)27-24(28-23)29-25(32)26-21-11-7-3-4-8-12-21/h16,19-21H,3-15,17-18H2,1-2H3,(H2,26,27,28,29,32)/t19-,20-/m1/s1. The summed E-state index contributed by atoms with van der Waals surface area (Å²) in [5.74, 6) is 4.09. The van der Waals surface area contributed by atoms with Crippen LogP contribution in [0.15, 0.2) is 6.07 Å². The summed E-state index contributed by atoms with van der Waals surface area (Å²) in [4.78, 5) is 14.8. The number of aromatic nitrogens is 2. The molecule has 4 rings (SSSR count). The average Bonchev–Trinajstić information content (AvgIpc) is 3.18. The number of anilines is 3. The van der Waals surface area contributed by atoms with E-state index in [1.807, 2.05) is 0 Å². The number of hydrogen-bond donors (Lipinski definition) is 2. The minimum absolute atomic E-state index is 0.467. The third-order valence-corrected chi connectivity index (χ3v) is 7.46. The summed E-state index contributed by atoms with van der Waals surface area (Å²) in [7, 11) is 0. The molecule has 2 atom stereocenters. The topological polar surface area (TPSA) is 56.3 Å². The summed E-state index contributed by atoms with van der Waals surface area (Å²) in [6.07, 6.45) is 14.1. The first-order chi connectivity index (χ1) is 15.6. The molecule has 2 N–H and O–H groups in total. The lowest BCUT2D eigenvalue weighted by Crippen LogP contribution is -2.40. The molecule has 3 aliphatic rings. The quantitative estimate of drug-likeness (QED) is 0.466. The molecule has 0 aromatic carbocycles. The minimum atomic E-state index is 0.467. The maximum atomic E-state index is 5.69. The van der Waals surface area contributed by atoms with Gasteiger partial charge in [0.05, 0.1) is 0 Å². The van der Waals surface area contributed by atoms with E-state index in [4.69, 9.17) is 22.2 Å². The summed E-state index contributed by atoms with van der Waals surface area (Å²) in [6, 6.07) is 2.68. The molecule has 2 saturated heterocycles. The fraction of sp³-hybridized carbons (Fsp3) is 0.800. The molecular weight excluding hydrogens is 416 g/mol. The molecule has 2 aliphatic heterocycles. The molecule has 7 heteroatoms. The molecule has 32 heavy (non-hydrogen) atoms. The van der Waals surface area contributed by atoms with Gasteiger partial charge in [-0.15, -0.1) is 0 Å². The molecule has 1 saturated carbocycles. The highest BCUT2D eigenvalue weighted by Gasteiger charge is 2.25. The van der Waals surface area contributed by atoms with Gasteiger partial charge in [0.2, 0.25) is 5.95 Å². The van der Waals surface area contributed by atoms with Crippen LogP contribution in [0.5, 0.6) is 0 Å². The van der Waals surface area contributed by atoms with E-state index in [2.05, 4.69) is 40.3 Å². The highest BCUT2D eigenvalue weighted by Crippen LogP contribution is 2.29. The first-order valence-electron chi connectivity index (χ1n) is 13.0. The van der Waals surface area contributed by atoms with E-state index in [1.54, 1.807) is 0 Å². The van der Waals surface area contributed by atoms with E-state index in [0.29, 0.717) is 28.9 Å². The van der Waals surface area contributed by atoms with Crippen LogP contribution in [0.25, 0.3) is 0 Å². The van der Waals surface area contributed by atoms with E-state index >= 15 is 0 Å². The molecule has 0 bridgehead atoms. The van der Waals surface area contributed by atoms with Crippen LogP contribution in [-0.4, -0.2) is 47.3 Å². The second-order valence-electron chi connectivity index (χ2n) is 10.4. The molecule has 0 unspecified atom stereocenters. The van der Waals surface area contributed by atoms with Crippen molar-refractivity contribution in [3.63, 3.8) is 0 Å². The molecular formula is C25H42N6S. The summed E-state index contributed by atoms with van der Waals surface area (Å²) < 4.78 is 0. The van der Waals surface area contributed by atoms with Crippen molar-refractivity contribution in [3.05, 3.63) is 6.07 Å². The highest BCUT2D eigenvalue weighted by molar-refractivity contribution is 7.80. The van der Waals surface area contributed by atoms with Crippen molar-refractivity contribution in [3.8, 4) is 0 Å². The Morgan fingerprint density at radius 3 is 2.03 bits per heavy atom. The smallest absolute Gasteiger partial charge is 0.232 e. The normalized spacial score (nSPS) is 25.7. The molecule has 0 amide bonds. The molecule has 0 spiro atoms. The van der Waals surface area contributed by atoms with Gasteiger partial charge >= 0.3 is 0 Å². The molecule has 1 aromatic heterocycles. The zero-order valence-corrected chi connectivity index (χ0v) is 20.9. The Morgan fingerprint density at radius 2 is 1.41 bits per heavy atom. The van der Waals surface area contributed by atoms with Crippen LogP contribution in [0.4, 0.5) is 17.6 Å². The van der Waals surface area contributed by atoms with Crippen LogP contribution in [0, 0.1) is 11.8 Å². The molecule has 0 radical (unpaired) electrons. The first kappa shape index (κ1) is 23.5. The van der Waals surface area contributed by atoms with E-state index < -0.39 is 0 Å². The lowest BCUT2D eigenvalue weighted by atomic mass is 9.92. The molecule has 1 aromatic rings. The van der Waals surface area contributed by atoms with Gasteiger partial charge in [-0.1, -0.05) is 52.4 Å². The van der Waals surface area contributed by atoms with Crippen molar-refractivity contribution in [2.45, 2.75) is 90.5 Å². The van der Waals surface area contributed by atoms with Crippen molar-refractivity contribution >= 4 is 34.9 Å². The largest absolute Gasteiger partial charge is 0.360 e. The number of rotatable bonds is 4. The van der Waals surface area contributed by atoms with Gasteiger partial charge in [-0.25, -0.2) is 0 Å². The Bertz CT molecular complexity index is 730. The Labute approximate surface area is 199 Å². The molecule has 6 nitrogen and oxygen atoms in total.